The van der Waals surface area contributed by atoms with Gasteiger partial charge in [0.1, 0.15) is 0 Å². The number of guanidine groups is 1. The first-order valence-corrected chi connectivity index (χ1v) is 6.95. The number of aliphatic imine (C=N–C) groups is 1. The van der Waals surface area contributed by atoms with E-state index in [4.69, 9.17) is 4.74 Å². The highest BCUT2D eigenvalue weighted by atomic mass is 19.2. The number of nitrogens with one attached hydrogen (secondary N) is 3. The minimum absolute atomic E-state index is 0.229. The van der Waals surface area contributed by atoms with Crippen molar-refractivity contribution in [2.75, 3.05) is 38.7 Å². The molecule has 1 rings (SSSR count). The Bertz CT molecular complexity index is 567. The predicted octanol–water partition coefficient (Wildman–Crippen LogP) is 1.24. The molecule has 0 unspecified atom stereocenters. The van der Waals surface area contributed by atoms with E-state index in [-0.39, 0.29) is 6.54 Å². The Morgan fingerprint density at radius 1 is 1.22 bits per heavy atom. The van der Waals surface area contributed by atoms with Crippen molar-refractivity contribution in [1.82, 2.24) is 10.6 Å². The first-order chi connectivity index (χ1) is 11.0. The third-order valence-electron chi connectivity index (χ3n) is 2.69. The summed E-state index contributed by atoms with van der Waals surface area (Å²) >= 11 is 0. The van der Waals surface area contributed by atoms with Gasteiger partial charge < -0.3 is 20.7 Å². The molecule has 0 saturated carbocycles. The number of ether oxygens (including phenoxy) is 1. The summed E-state index contributed by atoms with van der Waals surface area (Å²) < 4.78 is 44.4. The normalized spacial score (nSPS) is 11.3. The molecule has 0 atom stereocenters. The van der Waals surface area contributed by atoms with Crippen molar-refractivity contribution in [3.63, 3.8) is 0 Å². The van der Waals surface area contributed by atoms with Gasteiger partial charge in [-0.05, 0) is 19.1 Å². The van der Waals surface area contributed by atoms with Gasteiger partial charge in [0.25, 0.3) is 0 Å². The highest BCUT2D eigenvalue weighted by Crippen LogP contribution is 2.19. The van der Waals surface area contributed by atoms with Crippen LogP contribution in [0.15, 0.2) is 17.1 Å². The maximum Gasteiger partial charge on any atom is 0.243 e. The lowest BCUT2D eigenvalue weighted by molar-refractivity contribution is -0.115. The van der Waals surface area contributed by atoms with E-state index in [1.165, 1.54) is 7.05 Å². The van der Waals surface area contributed by atoms with Gasteiger partial charge in [-0.1, -0.05) is 0 Å². The van der Waals surface area contributed by atoms with Crippen LogP contribution >= 0.6 is 0 Å². The van der Waals surface area contributed by atoms with Gasteiger partial charge in [0, 0.05) is 20.2 Å². The molecule has 1 aromatic carbocycles. The van der Waals surface area contributed by atoms with E-state index in [0.29, 0.717) is 25.7 Å². The number of benzene rings is 1. The van der Waals surface area contributed by atoms with Crippen LogP contribution in [0.3, 0.4) is 0 Å². The summed E-state index contributed by atoms with van der Waals surface area (Å²) in [7, 11) is 1.52. The smallest absolute Gasteiger partial charge is 0.243 e. The third kappa shape index (κ3) is 6.15. The number of carbonyl (C=O) groups is 1. The zero-order valence-corrected chi connectivity index (χ0v) is 12.9. The van der Waals surface area contributed by atoms with Crippen molar-refractivity contribution in [3.05, 3.63) is 29.6 Å². The maximum atomic E-state index is 13.4. The molecule has 0 fully saturated rings. The molecule has 23 heavy (non-hydrogen) atoms. The number of carbonyl (C=O) groups excluding carboxylic acids is 1. The number of hydrogen-bond donors (Lipinski definition) is 3. The second-order valence-electron chi connectivity index (χ2n) is 4.32. The first-order valence-electron chi connectivity index (χ1n) is 6.95. The van der Waals surface area contributed by atoms with Crippen LogP contribution in [-0.4, -0.2) is 45.2 Å². The quantitative estimate of drug-likeness (QED) is 0.304. The molecule has 0 aliphatic heterocycles. The van der Waals surface area contributed by atoms with Crippen molar-refractivity contribution in [2.24, 2.45) is 4.99 Å². The topological polar surface area (TPSA) is 74.8 Å². The van der Waals surface area contributed by atoms with Crippen molar-refractivity contribution >= 4 is 17.6 Å². The van der Waals surface area contributed by atoms with Crippen LogP contribution in [0.4, 0.5) is 18.9 Å². The molecule has 0 heterocycles. The molecule has 0 radical (unpaired) electrons. The van der Waals surface area contributed by atoms with Crippen molar-refractivity contribution in [2.45, 2.75) is 6.92 Å². The van der Waals surface area contributed by atoms with Gasteiger partial charge in [-0.2, -0.15) is 0 Å². The summed E-state index contributed by atoms with van der Waals surface area (Å²) in [6.45, 7) is 3.20. The Kier molecular flexibility index (Phi) is 7.89. The second kappa shape index (κ2) is 9.67. The van der Waals surface area contributed by atoms with Gasteiger partial charge in [-0.25, -0.2) is 13.2 Å². The molecule has 0 bridgehead atoms. The Morgan fingerprint density at radius 2 is 1.96 bits per heavy atom. The lowest BCUT2D eigenvalue weighted by Crippen LogP contribution is -2.42. The Hall–Kier alpha value is -2.29. The van der Waals surface area contributed by atoms with Crippen LogP contribution in [0.5, 0.6) is 0 Å². The molecule has 9 heteroatoms. The van der Waals surface area contributed by atoms with Gasteiger partial charge in [0.2, 0.25) is 5.91 Å². The van der Waals surface area contributed by atoms with Crippen LogP contribution < -0.4 is 16.0 Å². The van der Waals surface area contributed by atoms with Crippen LogP contribution in [-0.2, 0) is 9.53 Å². The van der Waals surface area contributed by atoms with Crippen LogP contribution in [0.1, 0.15) is 6.92 Å². The van der Waals surface area contributed by atoms with Gasteiger partial charge in [0.15, 0.2) is 23.4 Å². The van der Waals surface area contributed by atoms with E-state index in [9.17, 15) is 18.0 Å². The van der Waals surface area contributed by atoms with Crippen LogP contribution in [0.25, 0.3) is 0 Å². The molecule has 6 nitrogen and oxygen atoms in total. The fourth-order valence-electron chi connectivity index (χ4n) is 1.59. The molecule has 1 aromatic rings. The number of hydrogen-bond acceptors (Lipinski definition) is 3. The summed E-state index contributed by atoms with van der Waals surface area (Å²) in [5.74, 6) is -4.69. The number of nitrogens with zero attached hydrogens (tertiary/aromatic N) is 1. The molecular weight excluding hydrogens is 313 g/mol. The molecule has 3 N–H and O–H groups in total. The van der Waals surface area contributed by atoms with Gasteiger partial charge in [-0.3, -0.25) is 9.79 Å². The Balaban J connectivity index is 2.46. The lowest BCUT2D eigenvalue weighted by atomic mass is 10.2. The summed E-state index contributed by atoms with van der Waals surface area (Å²) in [5, 5.41) is 7.74. The molecular formula is C14H19F3N4O2. The monoisotopic (exact) mass is 332 g/mol. The first kappa shape index (κ1) is 18.8. The average molecular weight is 332 g/mol. The zero-order chi connectivity index (χ0) is 17.2. The fourth-order valence-corrected chi connectivity index (χ4v) is 1.59. The summed E-state index contributed by atoms with van der Waals surface area (Å²) in [6, 6.07) is 1.68. The fraction of sp³-hybridized carbons (Fsp3) is 0.429. The van der Waals surface area contributed by atoms with E-state index in [1.54, 1.807) is 0 Å². The predicted molar refractivity (Wildman–Crippen MR) is 80.8 cm³/mol. The molecule has 128 valence electrons. The van der Waals surface area contributed by atoms with E-state index in [0.717, 1.165) is 12.1 Å². The van der Waals surface area contributed by atoms with E-state index < -0.39 is 29.0 Å². The Labute approximate surface area is 132 Å². The minimum atomic E-state index is -1.64. The lowest BCUT2D eigenvalue weighted by Gasteiger charge is -2.12. The standard InChI is InChI=1S/C14H19F3N4O2/c1-3-23-7-6-19-14(18-2)20-8-11(22)21-10-5-4-9(15)12(16)13(10)17/h4-5H,3,6-8H2,1-2H3,(H,21,22)(H2,18,19,20). The molecule has 0 aromatic heterocycles. The summed E-state index contributed by atoms with van der Waals surface area (Å²) in [6.07, 6.45) is 0. The van der Waals surface area contributed by atoms with Crippen molar-refractivity contribution < 1.29 is 22.7 Å². The van der Waals surface area contributed by atoms with Crippen molar-refractivity contribution in [3.8, 4) is 0 Å². The molecule has 1 amide bonds. The van der Waals surface area contributed by atoms with Crippen LogP contribution in [0, 0.1) is 17.5 Å². The average Bonchev–Trinajstić information content (AvgIpc) is 2.55. The van der Waals surface area contributed by atoms with E-state index in [2.05, 4.69) is 20.9 Å². The van der Waals surface area contributed by atoms with Crippen LogP contribution in [0.2, 0.25) is 0 Å². The number of rotatable bonds is 7. The van der Waals surface area contributed by atoms with E-state index in [1.807, 2.05) is 6.92 Å². The molecule has 0 spiro atoms. The zero-order valence-electron chi connectivity index (χ0n) is 12.9. The summed E-state index contributed by atoms with van der Waals surface area (Å²) in [5.41, 5.74) is -0.435. The van der Waals surface area contributed by atoms with Gasteiger partial charge >= 0.3 is 0 Å². The highest BCUT2D eigenvalue weighted by molar-refractivity contribution is 5.95. The van der Waals surface area contributed by atoms with Gasteiger partial charge in [-0.15, -0.1) is 0 Å². The molecule has 0 saturated heterocycles. The SMILES string of the molecule is CCOCCNC(=NC)NCC(=O)Nc1ccc(F)c(F)c1F. The third-order valence-corrected chi connectivity index (χ3v) is 2.69. The highest BCUT2D eigenvalue weighted by Gasteiger charge is 2.15. The Morgan fingerprint density at radius 3 is 2.61 bits per heavy atom. The molecule has 0 aliphatic carbocycles. The number of amides is 1. The van der Waals surface area contributed by atoms with E-state index >= 15 is 0 Å². The second-order valence-corrected chi connectivity index (χ2v) is 4.32. The van der Waals surface area contributed by atoms with Gasteiger partial charge in [0.05, 0.1) is 18.8 Å². The van der Waals surface area contributed by atoms with Crippen molar-refractivity contribution in [1.29, 1.82) is 0 Å². The number of halogens is 3. The largest absolute Gasteiger partial charge is 0.380 e. The summed E-state index contributed by atoms with van der Waals surface area (Å²) in [4.78, 5) is 15.6. The number of anilines is 1. The molecule has 0 aliphatic rings. The maximum absolute atomic E-state index is 13.4. The minimum Gasteiger partial charge on any atom is -0.380 e.